The molecule has 4 heteroatoms. The van der Waals surface area contributed by atoms with Crippen molar-refractivity contribution in [3.63, 3.8) is 0 Å². The second-order valence-electron chi connectivity index (χ2n) is 3.45. The van der Waals surface area contributed by atoms with Crippen molar-refractivity contribution in [2.45, 2.75) is 32.8 Å². The molecule has 0 aliphatic carbocycles. The van der Waals surface area contributed by atoms with Gasteiger partial charge in [-0.25, -0.2) is 4.98 Å². The van der Waals surface area contributed by atoms with Crippen LogP contribution in [0.5, 0.6) is 0 Å². The summed E-state index contributed by atoms with van der Waals surface area (Å²) in [5.41, 5.74) is 0. The highest BCUT2D eigenvalue weighted by Crippen LogP contribution is 2.05. The van der Waals surface area contributed by atoms with Crippen LogP contribution in [-0.4, -0.2) is 28.0 Å². The predicted molar refractivity (Wildman–Crippen MR) is 57.6 cm³/mol. The number of ether oxygens (including phenoxy) is 1. The van der Waals surface area contributed by atoms with Gasteiger partial charge in [0.05, 0.1) is 6.42 Å². The summed E-state index contributed by atoms with van der Waals surface area (Å²) in [5, 5.41) is 0. The van der Waals surface area contributed by atoms with Crippen LogP contribution in [0.15, 0.2) is 12.4 Å². The van der Waals surface area contributed by atoms with E-state index in [1.165, 1.54) is 0 Å². The lowest BCUT2D eigenvalue weighted by Crippen LogP contribution is -2.26. The fourth-order valence-corrected chi connectivity index (χ4v) is 1.48. The fraction of sp³-hybridized carbons (Fsp3) is 0.636. The average Bonchev–Trinajstić information content (AvgIpc) is 2.60. The van der Waals surface area contributed by atoms with E-state index in [1.54, 1.807) is 6.20 Å². The van der Waals surface area contributed by atoms with Gasteiger partial charge in [-0.1, -0.05) is 6.92 Å². The number of carbonyl (C=O) groups excluding carboxylic acids is 1. The Morgan fingerprint density at radius 3 is 2.80 bits per heavy atom. The summed E-state index contributed by atoms with van der Waals surface area (Å²) in [4.78, 5) is 15.9. The smallest absolute Gasteiger partial charge is 0.169 e. The number of ketones is 1. The second-order valence-corrected chi connectivity index (χ2v) is 3.45. The molecule has 1 rings (SSSR count). The Morgan fingerprint density at radius 1 is 1.60 bits per heavy atom. The molecular formula is C11H18N2O2. The molecule has 4 nitrogen and oxygen atoms in total. The van der Waals surface area contributed by atoms with Crippen LogP contribution in [0.25, 0.3) is 0 Å². The second kappa shape index (κ2) is 5.66. The summed E-state index contributed by atoms with van der Waals surface area (Å²) >= 11 is 0. The normalized spacial score (nSPS) is 12.7. The highest BCUT2D eigenvalue weighted by Gasteiger charge is 2.18. The Hall–Kier alpha value is -1.16. The lowest BCUT2D eigenvalue weighted by molar-refractivity contribution is -0.129. The molecule has 0 aliphatic heterocycles. The number of rotatable bonds is 6. The van der Waals surface area contributed by atoms with E-state index < -0.39 is 0 Å². The van der Waals surface area contributed by atoms with Gasteiger partial charge in [0.15, 0.2) is 5.78 Å². The molecule has 1 heterocycles. The third-order valence-electron chi connectivity index (χ3n) is 2.35. The Labute approximate surface area is 90.3 Å². The van der Waals surface area contributed by atoms with E-state index in [4.69, 9.17) is 4.74 Å². The van der Waals surface area contributed by atoms with Crippen LogP contribution < -0.4 is 0 Å². The maximum atomic E-state index is 11.8. The molecule has 15 heavy (non-hydrogen) atoms. The Balaban J connectivity index is 2.58. The van der Waals surface area contributed by atoms with Crippen LogP contribution in [0.4, 0.5) is 0 Å². The molecule has 0 bridgehead atoms. The third-order valence-corrected chi connectivity index (χ3v) is 2.35. The Kier molecular flexibility index (Phi) is 4.49. The monoisotopic (exact) mass is 210 g/mol. The number of imidazole rings is 1. The molecule has 0 saturated carbocycles. The van der Waals surface area contributed by atoms with Gasteiger partial charge in [-0.15, -0.1) is 0 Å². The quantitative estimate of drug-likeness (QED) is 0.711. The van der Waals surface area contributed by atoms with E-state index in [1.807, 2.05) is 31.7 Å². The van der Waals surface area contributed by atoms with Crippen LogP contribution in [0, 0.1) is 0 Å². The van der Waals surface area contributed by atoms with Crippen LogP contribution in [0.2, 0.25) is 0 Å². The summed E-state index contributed by atoms with van der Waals surface area (Å²) in [5.74, 6) is 0.895. The molecule has 0 aromatic carbocycles. The molecule has 1 aromatic rings. The SMILES string of the molecule is CCOC(CC)C(=O)Cc1nccn1C. The van der Waals surface area contributed by atoms with Crippen LogP contribution in [-0.2, 0) is 23.0 Å². The molecule has 1 aromatic heterocycles. The molecule has 0 fully saturated rings. The summed E-state index contributed by atoms with van der Waals surface area (Å²) in [6.07, 6.45) is 4.32. The minimum absolute atomic E-state index is 0.105. The third kappa shape index (κ3) is 3.16. The molecule has 0 N–H and O–H groups in total. The zero-order valence-electron chi connectivity index (χ0n) is 9.56. The molecule has 84 valence electrons. The minimum Gasteiger partial charge on any atom is -0.371 e. The van der Waals surface area contributed by atoms with Crippen LogP contribution >= 0.6 is 0 Å². The maximum absolute atomic E-state index is 11.8. The first-order chi connectivity index (χ1) is 7.19. The van der Waals surface area contributed by atoms with Crippen molar-refractivity contribution >= 4 is 5.78 Å². The maximum Gasteiger partial charge on any atom is 0.169 e. The molecule has 0 aliphatic rings. The first kappa shape index (κ1) is 11.9. The largest absolute Gasteiger partial charge is 0.371 e. The zero-order valence-corrected chi connectivity index (χ0v) is 9.56. The van der Waals surface area contributed by atoms with Crippen molar-refractivity contribution in [1.82, 2.24) is 9.55 Å². The topological polar surface area (TPSA) is 44.1 Å². The highest BCUT2D eigenvalue weighted by atomic mass is 16.5. The average molecular weight is 210 g/mol. The van der Waals surface area contributed by atoms with Crippen LogP contribution in [0.1, 0.15) is 26.1 Å². The van der Waals surface area contributed by atoms with E-state index in [0.717, 1.165) is 12.2 Å². The zero-order chi connectivity index (χ0) is 11.3. The lowest BCUT2D eigenvalue weighted by Gasteiger charge is -2.13. The van der Waals surface area contributed by atoms with Crippen molar-refractivity contribution in [2.24, 2.45) is 7.05 Å². The van der Waals surface area contributed by atoms with E-state index in [-0.39, 0.29) is 11.9 Å². The summed E-state index contributed by atoms with van der Waals surface area (Å²) in [6, 6.07) is 0. The van der Waals surface area contributed by atoms with Gasteiger partial charge in [-0.2, -0.15) is 0 Å². The van der Waals surface area contributed by atoms with Gasteiger partial charge < -0.3 is 9.30 Å². The van der Waals surface area contributed by atoms with Crippen molar-refractivity contribution in [3.05, 3.63) is 18.2 Å². The van der Waals surface area contributed by atoms with E-state index >= 15 is 0 Å². The molecule has 1 unspecified atom stereocenters. The molecule has 0 spiro atoms. The molecule has 0 radical (unpaired) electrons. The summed E-state index contributed by atoms with van der Waals surface area (Å²) in [7, 11) is 1.89. The van der Waals surface area contributed by atoms with Gasteiger partial charge >= 0.3 is 0 Å². The van der Waals surface area contributed by atoms with E-state index in [0.29, 0.717) is 13.0 Å². The van der Waals surface area contributed by atoms with Crippen molar-refractivity contribution in [2.75, 3.05) is 6.61 Å². The Morgan fingerprint density at radius 2 is 2.33 bits per heavy atom. The van der Waals surface area contributed by atoms with Gasteiger partial charge in [0, 0.05) is 26.0 Å². The van der Waals surface area contributed by atoms with Gasteiger partial charge in [0.25, 0.3) is 0 Å². The number of hydrogen-bond acceptors (Lipinski definition) is 3. The van der Waals surface area contributed by atoms with Crippen molar-refractivity contribution < 1.29 is 9.53 Å². The predicted octanol–water partition coefficient (Wildman–Crippen LogP) is 1.35. The minimum atomic E-state index is -0.285. The number of carbonyl (C=O) groups is 1. The molecular weight excluding hydrogens is 192 g/mol. The van der Waals surface area contributed by atoms with E-state index in [9.17, 15) is 4.79 Å². The van der Waals surface area contributed by atoms with Gasteiger partial charge in [0.2, 0.25) is 0 Å². The van der Waals surface area contributed by atoms with Crippen molar-refractivity contribution in [1.29, 1.82) is 0 Å². The van der Waals surface area contributed by atoms with E-state index in [2.05, 4.69) is 4.98 Å². The van der Waals surface area contributed by atoms with Gasteiger partial charge in [0.1, 0.15) is 11.9 Å². The number of aromatic nitrogens is 2. The molecule has 1 atom stereocenters. The molecule has 0 saturated heterocycles. The summed E-state index contributed by atoms with van der Waals surface area (Å²) in [6.45, 7) is 4.43. The summed E-state index contributed by atoms with van der Waals surface area (Å²) < 4.78 is 7.21. The van der Waals surface area contributed by atoms with Crippen LogP contribution in [0.3, 0.4) is 0 Å². The highest BCUT2D eigenvalue weighted by molar-refractivity contribution is 5.84. The molecule has 0 amide bonds. The number of aryl methyl sites for hydroxylation is 1. The van der Waals surface area contributed by atoms with Gasteiger partial charge in [-0.3, -0.25) is 4.79 Å². The first-order valence-electron chi connectivity index (χ1n) is 5.29. The van der Waals surface area contributed by atoms with Gasteiger partial charge in [-0.05, 0) is 13.3 Å². The lowest BCUT2D eigenvalue weighted by atomic mass is 10.1. The first-order valence-corrected chi connectivity index (χ1v) is 5.29. The number of hydrogen-bond donors (Lipinski definition) is 0. The fourth-order valence-electron chi connectivity index (χ4n) is 1.48. The standard InChI is InChI=1S/C11H18N2O2/c1-4-10(15-5-2)9(14)8-11-12-6-7-13(11)3/h6-7,10H,4-5,8H2,1-3H3. The Bertz CT molecular complexity index is 320. The number of nitrogens with zero attached hydrogens (tertiary/aromatic N) is 2. The van der Waals surface area contributed by atoms with Crippen molar-refractivity contribution in [3.8, 4) is 0 Å². The number of Topliss-reactive ketones (excluding diaryl/α,β-unsaturated/α-hetero) is 1.